The summed E-state index contributed by atoms with van der Waals surface area (Å²) in [5.41, 5.74) is 0. The summed E-state index contributed by atoms with van der Waals surface area (Å²) >= 11 is 0. The van der Waals surface area contributed by atoms with Gasteiger partial charge in [-0.1, -0.05) is 0 Å². The van der Waals surface area contributed by atoms with Crippen LogP contribution in [-0.2, 0) is 9.47 Å². The Labute approximate surface area is 80.0 Å². The third kappa shape index (κ3) is 2.93. The molecule has 2 aliphatic rings. The second kappa shape index (κ2) is 4.94. The van der Waals surface area contributed by atoms with Crippen LogP contribution in [0.1, 0.15) is 25.7 Å². The second-order valence-corrected chi connectivity index (χ2v) is 4.04. The van der Waals surface area contributed by atoms with Gasteiger partial charge in [-0.2, -0.15) is 0 Å². The molecule has 0 amide bonds. The first kappa shape index (κ1) is 9.44. The largest absolute Gasteiger partial charge is 0.348 e. The van der Waals surface area contributed by atoms with Gasteiger partial charge in [-0.05, 0) is 12.8 Å². The highest BCUT2D eigenvalue weighted by Gasteiger charge is 2.22. The fraction of sp³-hybridized carbons (Fsp3) is 1.00. The molecule has 3 heteroatoms. The molecule has 3 nitrogen and oxygen atoms in total. The Morgan fingerprint density at radius 1 is 0.923 bits per heavy atom. The fourth-order valence-corrected chi connectivity index (χ4v) is 2.11. The normalized spacial score (nSPS) is 27.7. The number of quaternary nitrogens is 1. The maximum absolute atomic E-state index is 5.62. The third-order valence-corrected chi connectivity index (χ3v) is 2.91. The standard InChI is InChI=1S/C10H19NO2/c1-2-6-11(5-1)9-10-12-7-3-4-8-13-10/h10H,1-9H2/p+1. The van der Waals surface area contributed by atoms with E-state index in [0.717, 1.165) is 32.6 Å². The van der Waals surface area contributed by atoms with Crippen LogP contribution in [0.3, 0.4) is 0 Å². The van der Waals surface area contributed by atoms with Crippen LogP contribution in [0.4, 0.5) is 0 Å². The summed E-state index contributed by atoms with van der Waals surface area (Å²) in [5.74, 6) is 0. The summed E-state index contributed by atoms with van der Waals surface area (Å²) in [6.07, 6.45) is 5.15. The van der Waals surface area contributed by atoms with Gasteiger partial charge in [0.25, 0.3) is 0 Å². The van der Waals surface area contributed by atoms with E-state index in [-0.39, 0.29) is 6.29 Å². The van der Waals surface area contributed by atoms with Gasteiger partial charge < -0.3 is 14.4 Å². The SMILES string of the molecule is C1CCOC(C[NH+]2CCCC2)OC1. The van der Waals surface area contributed by atoms with E-state index in [1.807, 2.05) is 0 Å². The van der Waals surface area contributed by atoms with Crippen molar-refractivity contribution in [2.75, 3.05) is 32.8 Å². The highest BCUT2D eigenvalue weighted by atomic mass is 16.7. The first-order valence-corrected chi connectivity index (χ1v) is 5.52. The summed E-state index contributed by atoms with van der Waals surface area (Å²) in [7, 11) is 0. The number of hydrogen-bond donors (Lipinski definition) is 1. The van der Waals surface area contributed by atoms with E-state index in [1.165, 1.54) is 25.9 Å². The van der Waals surface area contributed by atoms with E-state index in [2.05, 4.69) is 0 Å². The minimum atomic E-state index is 0.0793. The topological polar surface area (TPSA) is 22.9 Å². The zero-order valence-electron chi connectivity index (χ0n) is 8.26. The molecule has 2 aliphatic heterocycles. The first-order valence-electron chi connectivity index (χ1n) is 5.52. The molecule has 0 radical (unpaired) electrons. The van der Waals surface area contributed by atoms with Crippen molar-refractivity contribution in [2.45, 2.75) is 32.0 Å². The van der Waals surface area contributed by atoms with Gasteiger partial charge >= 0.3 is 0 Å². The Morgan fingerprint density at radius 2 is 1.54 bits per heavy atom. The van der Waals surface area contributed by atoms with Crippen LogP contribution in [0.25, 0.3) is 0 Å². The van der Waals surface area contributed by atoms with Crippen LogP contribution in [0.15, 0.2) is 0 Å². The van der Waals surface area contributed by atoms with Gasteiger partial charge in [-0.15, -0.1) is 0 Å². The van der Waals surface area contributed by atoms with Crippen molar-refractivity contribution in [3.63, 3.8) is 0 Å². The molecule has 0 bridgehead atoms. The number of nitrogens with one attached hydrogen (secondary N) is 1. The lowest BCUT2D eigenvalue weighted by atomic mass is 10.3. The first-order chi connectivity index (χ1) is 6.45. The summed E-state index contributed by atoms with van der Waals surface area (Å²) < 4.78 is 11.2. The van der Waals surface area contributed by atoms with Crippen LogP contribution >= 0.6 is 0 Å². The lowest BCUT2D eigenvalue weighted by Gasteiger charge is -2.19. The maximum Gasteiger partial charge on any atom is 0.207 e. The number of likely N-dealkylation sites (tertiary alicyclic amines) is 1. The van der Waals surface area contributed by atoms with E-state index in [4.69, 9.17) is 9.47 Å². The van der Waals surface area contributed by atoms with Gasteiger partial charge in [0, 0.05) is 12.8 Å². The number of rotatable bonds is 2. The summed E-state index contributed by atoms with van der Waals surface area (Å²) in [6, 6.07) is 0. The monoisotopic (exact) mass is 186 g/mol. The van der Waals surface area contributed by atoms with Crippen molar-refractivity contribution in [3.05, 3.63) is 0 Å². The zero-order valence-corrected chi connectivity index (χ0v) is 8.26. The predicted octanol–water partition coefficient (Wildman–Crippen LogP) is -0.182. The molecule has 0 aromatic rings. The predicted molar refractivity (Wildman–Crippen MR) is 49.7 cm³/mol. The van der Waals surface area contributed by atoms with E-state index >= 15 is 0 Å². The van der Waals surface area contributed by atoms with Crippen molar-refractivity contribution in [1.29, 1.82) is 0 Å². The van der Waals surface area contributed by atoms with E-state index in [9.17, 15) is 0 Å². The molecule has 2 saturated heterocycles. The molecule has 2 heterocycles. The van der Waals surface area contributed by atoms with E-state index < -0.39 is 0 Å². The fourth-order valence-electron chi connectivity index (χ4n) is 2.11. The average molecular weight is 186 g/mol. The van der Waals surface area contributed by atoms with Gasteiger partial charge in [-0.3, -0.25) is 0 Å². The Kier molecular flexibility index (Phi) is 3.58. The van der Waals surface area contributed by atoms with E-state index in [1.54, 1.807) is 4.90 Å². The Hall–Kier alpha value is -0.120. The van der Waals surface area contributed by atoms with Gasteiger partial charge in [0.05, 0.1) is 26.3 Å². The molecule has 0 aromatic heterocycles. The quantitative estimate of drug-likeness (QED) is 0.646. The Balaban J connectivity index is 1.71. The summed E-state index contributed by atoms with van der Waals surface area (Å²) in [4.78, 5) is 1.66. The molecule has 0 aliphatic carbocycles. The van der Waals surface area contributed by atoms with Gasteiger partial charge in [0.15, 0.2) is 0 Å². The van der Waals surface area contributed by atoms with Crippen molar-refractivity contribution in [1.82, 2.24) is 0 Å². The molecule has 1 N–H and O–H groups in total. The van der Waals surface area contributed by atoms with Crippen molar-refractivity contribution < 1.29 is 14.4 Å². The summed E-state index contributed by atoms with van der Waals surface area (Å²) in [6.45, 7) is 5.45. The lowest BCUT2D eigenvalue weighted by Crippen LogP contribution is -3.11. The van der Waals surface area contributed by atoms with Crippen LogP contribution in [0.2, 0.25) is 0 Å². The summed E-state index contributed by atoms with van der Waals surface area (Å²) in [5, 5.41) is 0. The van der Waals surface area contributed by atoms with Gasteiger partial charge in [-0.25, -0.2) is 0 Å². The number of hydrogen-bond acceptors (Lipinski definition) is 2. The van der Waals surface area contributed by atoms with E-state index in [0.29, 0.717) is 0 Å². The molecule has 0 atom stereocenters. The molecular weight excluding hydrogens is 166 g/mol. The molecule has 0 unspecified atom stereocenters. The maximum atomic E-state index is 5.62. The van der Waals surface area contributed by atoms with Crippen LogP contribution in [0, 0.1) is 0 Å². The highest BCUT2D eigenvalue weighted by molar-refractivity contribution is 4.52. The Morgan fingerprint density at radius 3 is 2.15 bits per heavy atom. The zero-order chi connectivity index (χ0) is 8.93. The van der Waals surface area contributed by atoms with Gasteiger partial charge in [0.2, 0.25) is 6.29 Å². The highest BCUT2D eigenvalue weighted by Crippen LogP contribution is 2.04. The molecule has 76 valence electrons. The third-order valence-electron chi connectivity index (χ3n) is 2.91. The lowest BCUT2D eigenvalue weighted by molar-refractivity contribution is -0.893. The molecule has 0 aromatic carbocycles. The molecule has 0 saturated carbocycles. The molecule has 2 fully saturated rings. The second-order valence-electron chi connectivity index (χ2n) is 4.04. The Bertz CT molecular complexity index is 138. The number of ether oxygens (including phenoxy) is 2. The van der Waals surface area contributed by atoms with Crippen LogP contribution < -0.4 is 4.90 Å². The molecule has 2 rings (SSSR count). The average Bonchev–Trinajstić information content (AvgIpc) is 2.49. The van der Waals surface area contributed by atoms with Crippen LogP contribution in [-0.4, -0.2) is 39.1 Å². The molecule has 13 heavy (non-hydrogen) atoms. The minimum Gasteiger partial charge on any atom is -0.348 e. The molecular formula is C10H20NO2+. The minimum absolute atomic E-state index is 0.0793. The van der Waals surface area contributed by atoms with Crippen molar-refractivity contribution in [2.24, 2.45) is 0 Å². The van der Waals surface area contributed by atoms with Crippen molar-refractivity contribution >= 4 is 0 Å². The van der Waals surface area contributed by atoms with Crippen molar-refractivity contribution in [3.8, 4) is 0 Å². The smallest absolute Gasteiger partial charge is 0.207 e. The van der Waals surface area contributed by atoms with Crippen LogP contribution in [0.5, 0.6) is 0 Å². The molecule has 0 spiro atoms. The van der Waals surface area contributed by atoms with Gasteiger partial charge in [0.1, 0.15) is 6.54 Å².